The van der Waals surface area contributed by atoms with Gasteiger partial charge < -0.3 is 5.11 Å². The zero-order valence-electron chi connectivity index (χ0n) is 11.8. The average molecular weight is 336 g/mol. The maximum Gasteiger partial charge on any atom is 0.0760 e. The molecule has 1 rings (SSSR count). The van der Waals surface area contributed by atoms with Crippen LogP contribution in [-0.2, 0) is 0 Å². The van der Waals surface area contributed by atoms with Gasteiger partial charge in [-0.3, -0.25) is 0 Å². The molecular formula is C15H24BrClO. The van der Waals surface area contributed by atoms with Crippen LogP contribution in [0, 0.1) is 0 Å². The van der Waals surface area contributed by atoms with Crippen molar-refractivity contribution in [2.75, 3.05) is 0 Å². The Morgan fingerprint density at radius 1 is 1.56 bits per heavy atom. The standard InChI is InChI=1S/C15H24BrClO/c1-10(2)7-13(18)8-11(3)12-5-6-15(4,17)14(16)9-12/h7,13-14,18H,5-6,8-9H2,1-4H3/b12-11+/t13?,14-,15-/m0/s1. The first-order chi connectivity index (χ1) is 8.22. The summed E-state index contributed by atoms with van der Waals surface area (Å²) >= 11 is 10.1. The molecule has 0 heterocycles. The maximum atomic E-state index is 9.94. The van der Waals surface area contributed by atoms with E-state index in [2.05, 4.69) is 29.8 Å². The molecule has 1 nitrogen and oxygen atoms in total. The average Bonchev–Trinajstić information content (AvgIpc) is 2.20. The van der Waals surface area contributed by atoms with Crippen molar-refractivity contribution in [2.24, 2.45) is 0 Å². The van der Waals surface area contributed by atoms with E-state index in [0.717, 1.165) is 31.3 Å². The van der Waals surface area contributed by atoms with E-state index in [4.69, 9.17) is 11.6 Å². The minimum absolute atomic E-state index is 0.137. The van der Waals surface area contributed by atoms with E-state index in [1.807, 2.05) is 19.9 Å². The summed E-state index contributed by atoms with van der Waals surface area (Å²) in [6.45, 7) is 8.26. The van der Waals surface area contributed by atoms with Gasteiger partial charge in [-0.25, -0.2) is 0 Å². The molecule has 0 aliphatic heterocycles. The third-order valence-electron chi connectivity index (χ3n) is 3.64. The second-order valence-corrected chi connectivity index (χ2v) is 7.82. The molecule has 0 saturated heterocycles. The molecule has 18 heavy (non-hydrogen) atoms. The van der Waals surface area contributed by atoms with E-state index in [0.29, 0.717) is 4.83 Å². The van der Waals surface area contributed by atoms with Crippen LogP contribution in [0.5, 0.6) is 0 Å². The number of halogens is 2. The van der Waals surface area contributed by atoms with Crippen molar-refractivity contribution in [3.05, 3.63) is 22.8 Å². The zero-order chi connectivity index (χ0) is 13.9. The number of aliphatic hydroxyl groups excluding tert-OH is 1. The Balaban J connectivity index is 2.68. The van der Waals surface area contributed by atoms with Gasteiger partial charge in [-0.2, -0.15) is 0 Å². The lowest BCUT2D eigenvalue weighted by molar-refractivity contribution is 0.222. The molecule has 0 aromatic carbocycles. The van der Waals surface area contributed by atoms with Crippen LogP contribution in [0.1, 0.15) is 53.4 Å². The van der Waals surface area contributed by atoms with E-state index in [-0.39, 0.29) is 11.0 Å². The molecule has 0 radical (unpaired) electrons. The van der Waals surface area contributed by atoms with Crippen molar-refractivity contribution in [3.8, 4) is 0 Å². The van der Waals surface area contributed by atoms with Crippen LogP contribution in [0.15, 0.2) is 22.8 Å². The summed E-state index contributed by atoms with van der Waals surface area (Å²) in [5.41, 5.74) is 3.93. The van der Waals surface area contributed by atoms with E-state index in [9.17, 15) is 5.11 Å². The van der Waals surface area contributed by atoms with Crippen LogP contribution >= 0.6 is 27.5 Å². The Labute approximate surface area is 124 Å². The van der Waals surface area contributed by atoms with Crippen LogP contribution in [0.3, 0.4) is 0 Å². The van der Waals surface area contributed by atoms with Crippen molar-refractivity contribution in [3.63, 3.8) is 0 Å². The van der Waals surface area contributed by atoms with Gasteiger partial charge in [0.15, 0.2) is 0 Å². The molecule has 1 aliphatic rings. The SMILES string of the molecule is CC(C)=CC(O)C/C(C)=C1\CC[C@](C)(Cl)[C@@H](Br)C1. The van der Waals surface area contributed by atoms with Crippen LogP contribution < -0.4 is 0 Å². The molecule has 0 spiro atoms. The summed E-state index contributed by atoms with van der Waals surface area (Å²) in [5, 5.41) is 9.94. The number of hydrogen-bond donors (Lipinski definition) is 1. The molecule has 104 valence electrons. The normalized spacial score (nSPS) is 32.9. The summed E-state index contributed by atoms with van der Waals surface area (Å²) in [6.07, 6.45) is 5.34. The molecule has 3 heteroatoms. The van der Waals surface area contributed by atoms with Gasteiger partial charge in [0.05, 0.1) is 11.0 Å². The highest BCUT2D eigenvalue weighted by Crippen LogP contribution is 2.42. The van der Waals surface area contributed by atoms with Crippen molar-refractivity contribution < 1.29 is 5.11 Å². The van der Waals surface area contributed by atoms with Crippen LogP contribution in [0.4, 0.5) is 0 Å². The number of alkyl halides is 2. The molecule has 1 fully saturated rings. The highest BCUT2D eigenvalue weighted by atomic mass is 79.9. The first kappa shape index (κ1) is 16.3. The number of rotatable bonds is 3. The van der Waals surface area contributed by atoms with E-state index >= 15 is 0 Å². The molecule has 1 aliphatic carbocycles. The van der Waals surface area contributed by atoms with Crippen LogP contribution in [-0.4, -0.2) is 20.9 Å². The lowest BCUT2D eigenvalue weighted by atomic mass is 9.83. The Morgan fingerprint density at radius 3 is 2.67 bits per heavy atom. The van der Waals surface area contributed by atoms with Gasteiger partial charge in [0, 0.05) is 4.83 Å². The van der Waals surface area contributed by atoms with Crippen LogP contribution in [0.25, 0.3) is 0 Å². The Kier molecular flexibility index (Phi) is 5.95. The predicted octanol–water partition coefficient (Wildman–Crippen LogP) is 4.97. The molecule has 0 aromatic rings. The van der Waals surface area contributed by atoms with Gasteiger partial charge in [0.1, 0.15) is 0 Å². The van der Waals surface area contributed by atoms with Crippen molar-refractivity contribution in [1.82, 2.24) is 0 Å². The van der Waals surface area contributed by atoms with Gasteiger partial charge in [-0.1, -0.05) is 38.7 Å². The second kappa shape index (κ2) is 6.58. The van der Waals surface area contributed by atoms with E-state index < -0.39 is 0 Å². The van der Waals surface area contributed by atoms with Crippen molar-refractivity contribution in [2.45, 2.75) is 69.2 Å². The summed E-state index contributed by atoms with van der Waals surface area (Å²) in [5.74, 6) is 0. The fourth-order valence-electron chi connectivity index (χ4n) is 2.37. The number of aliphatic hydroxyl groups is 1. The molecule has 1 unspecified atom stereocenters. The third kappa shape index (κ3) is 4.71. The highest BCUT2D eigenvalue weighted by molar-refractivity contribution is 9.09. The minimum Gasteiger partial charge on any atom is -0.389 e. The smallest absolute Gasteiger partial charge is 0.0760 e. The van der Waals surface area contributed by atoms with Gasteiger partial charge in [-0.05, 0) is 53.4 Å². The molecule has 3 atom stereocenters. The van der Waals surface area contributed by atoms with Gasteiger partial charge >= 0.3 is 0 Å². The number of hydrogen-bond acceptors (Lipinski definition) is 1. The van der Waals surface area contributed by atoms with Crippen molar-refractivity contribution in [1.29, 1.82) is 0 Å². The largest absolute Gasteiger partial charge is 0.389 e. The first-order valence-electron chi connectivity index (χ1n) is 6.56. The van der Waals surface area contributed by atoms with Gasteiger partial charge in [0.2, 0.25) is 0 Å². The van der Waals surface area contributed by atoms with E-state index in [1.54, 1.807) is 0 Å². The Bertz CT molecular complexity index is 354. The predicted molar refractivity (Wildman–Crippen MR) is 83.6 cm³/mol. The fraction of sp³-hybridized carbons (Fsp3) is 0.733. The summed E-state index contributed by atoms with van der Waals surface area (Å²) in [6, 6.07) is 0. The Morgan fingerprint density at radius 2 is 2.17 bits per heavy atom. The van der Waals surface area contributed by atoms with Crippen LogP contribution in [0.2, 0.25) is 0 Å². The lowest BCUT2D eigenvalue weighted by Crippen LogP contribution is -2.33. The molecule has 1 N–H and O–H groups in total. The zero-order valence-corrected chi connectivity index (χ0v) is 14.1. The van der Waals surface area contributed by atoms with Crippen molar-refractivity contribution >= 4 is 27.5 Å². The van der Waals surface area contributed by atoms with Gasteiger partial charge in [0.25, 0.3) is 0 Å². The molecule has 0 bridgehead atoms. The first-order valence-corrected chi connectivity index (χ1v) is 7.85. The fourth-order valence-corrected chi connectivity index (χ4v) is 3.16. The monoisotopic (exact) mass is 334 g/mol. The maximum absolute atomic E-state index is 9.94. The third-order valence-corrected chi connectivity index (χ3v) is 5.69. The topological polar surface area (TPSA) is 20.2 Å². The molecule has 1 saturated carbocycles. The molecular weight excluding hydrogens is 312 g/mol. The minimum atomic E-state index is -0.361. The quantitative estimate of drug-likeness (QED) is 0.570. The highest BCUT2D eigenvalue weighted by Gasteiger charge is 2.35. The summed E-state index contributed by atoms with van der Waals surface area (Å²) in [7, 11) is 0. The second-order valence-electron chi connectivity index (χ2n) is 5.85. The van der Waals surface area contributed by atoms with Gasteiger partial charge in [-0.15, -0.1) is 11.6 Å². The molecule has 0 amide bonds. The Hall–Kier alpha value is 0.210. The molecule has 0 aromatic heterocycles. The summed E-state index contributed by atoms with van der Waals surface area (Å²) < 4.78 is 0. The lowest BCUT2D eigenvalue weighted by Gasteiger charge is -2.35. The number of allylic oxidation sites excluding steroid dienone is 2. The summed E-state index contributed by atoms with van der Waals surface area (Å²) in [4.78, 5) is 0.188. The van der Waals surface area contributed by atoms with E-state index in [1.165, 1.54) is 11.1 Å².